The van der Waals surface area contributed by atoms with Crippen molar-refractivity contribution in [2.24, 2.45) is 0 Å². The lowest BCUT2D eigenvalue weighted by molar-refractivity contribution is -2.00. The summed E-state index contributed by atoms with van der Waals surface area (Å²) in [6.45, 7) is 4.18. The van der Waals surface area contributed by atoms with Gasteiger partial charge in [0.15, 0.2) is 0 Å². The van der Waals surface area contributed by atoms with E-state index in [-0.39, 0.29) is 0 Å². The van der Waals surface area contributed by atoms with Crippen LogP contribution in [0.3, 0.4) is 0 Å². The molecule has 0 aromatic carbocycles. The average molecular weight is 286 g/mol. The summed E-state index contributed by atoms with van der Waals surface area (Å²) in [4.78, 5) is 44.4. The Morgan fingerprint density at radius 1 is 0.667 bits per heavy atom. The summed E-state index contributed by atoms with van der Waals surface area (Å²) in [5.74, 6) is -3.08. The normalized spacial score (nSPS) is 11.1. The van der Waals surface area contributed by atoms with Crippen LogP contribution in [0.1, 0.15) is 27.7 Å². The zero-order valence-electron chi connectivity index (χ0n) is 10.1. The van der Waals surface area contributed by atoms with Crippen molar-refractivity contribution < 1.29 is 52.5 Å². The summed E-state index contributed by atoms with van der Waals surface area (Å²) in [5.41, 5.74) is 0. The maximum Gasteiger partial charge on any atom is 0.332 e. The fourth-order valence-electron chi connectivity index (χ4n) is 1.33. The van der Waals surface area contributed by atoms with E-state index in [0.29, 0.717) is 0 Å². The van der Waals surface area contributed by atoms with Gasteiger partial charge in [0.1, 0.15) is 0 Å². The van der Waals surface area contributed by atoms with Crippen molar-refractivity contribution in [1.82, 2.24) is 0 Å². The molecule has 0 spiro atoms. The topological polar surface area (TPSA) is 161 Å². The van der Waals surface area contributed by atoms with Gasteiger partial charge in [-0.2, -0.15) is 0 Å². The van der Waals surface area contributed by atoms with Gasteiger partial charge in [-0.05, 0) is 0 Å². The predicted octanol–water partition coefficient (Wildman–Crippen LogP) is -4.77. The van der Waals surface area contributed by atoms with Crippen LogP contribution in [0, 0.1) is 10.2 Å². The smallest absolute Gasteiger partial charge is 0.230 e. The number of hydrogen-bond donors (Lipinski definition) is 0. The van der Waals surface area contributed by atoms with Crippen molar-refractivity contribution in [2.45, 2.75) is 27.7 Å². The van der Waals surface area contributed by atoms with Gasteiger partial charge in [0.2, 0.25) is 0 Å². The number of nitrogens with zero attached hydrogens (tertiary/aromatic N) is 1. The van der Waals surface area contributed by atoms with Gasteiger partial charge in [0.05, 0.1) is 27.7 Å². The number of hydrogen-bond acceptors (Lipinski definition) is 8. The molecule has 18 heavy (non-hydrogen) atoms. The van der Waals surface area contributed by atoms with Crippen molar-refractivity contribution in [3.8, 4) is 0 Å². The Hall–Kier alpha value is -1.23. The lowest BCUT2D eigenvalue weighted by Crippen LogP contribution is -2.68. The van der Waals surface area contributed by atoms with E-state index in [4.69, 9.17) is 18.6 Å². The van der Waals surface area contributed by atoms with Crippen LogP contribution in [0.25, 0.3) is 0 Å². The van der Waals surface area contributed by atoms with E-state index in [1.165, 1.54) is 0 Å². The Kier molecular flexibility index (Phi) is 7.05. The molecule has 0 aromatic heterocycles. The summed E-state index contributed by atoms with van der Waals surface area (Å²) in [6, 6.07) is 0. The minimum atomic E-state index is -4.94. The first-order valence-electron chi connectivity index (χ1n) is 4.33. The highest BCUT2D eigenvalue weighted by Gasteiger charge is 2.49. The molecular weight excluding hydrogens is 274 g/mol. The zero-order valence-corrected chi connectivity index (χ0v) is 10.8. The highest BCUT2D eigenvalue weighted by molar-refractivity contribution is 6.07. The molecule has 0 rings (SSSR count). The number of imide groups is 6. The molecule has 10 heteroatoms. The minimum Gasteiger partial charge on any atom is -0.230 e. The predicted molar refractivity (Wildman–Crippen MR) is 43.0 cm³/mol. The number of halogens is 1. The molecule has 0 saturated heterocycles. The maximum absolute atomic E-state index is 11.1. The third-order valence-corrected chi connectivity index (χ3v) is 1.89. The van der Waals surface area contributed by atoms with Crippen LogP contribution in [0.15, 0.2) is 0 Å². The first kappa shape index (κ1) is 19.1. The molecule has 0 aliphatic heterocycles. The van der Waals surface area contributed by atoms with Gasteiger partial charge >= 0.3 is 23.6 Å². The van der Waals surface area contributed by atoms with Crippen LogP contribution < -0.4 is 18.6 Å². The van der Waals surface area contributed by atoms with Crippen LogP contribution in [0.4, 0.5) is 0 Å². The first-order chi connectivity index (χ1) is 7.77. The Labute approximate surface area is 105 Å². The van der Waals surface area contributed by atoms with Gasteiger partial charge in [0.25, 0.3) is 0 Å². The van der Waals surface area contributed by atoms with Gasteiger partial charge in [-0.25, -0.2) is 37.8 Å². The van der Waals surface area contributed by atoms with E-state index in [0.717, 1.165) is 27.7 Å². The highest BCUT2D eigenvalue weighted by Crippen LogP contribution is 2.10. The molecule has 0 bridgehead atoms. The number of carbonyl (C=O) groups is 4. The lowest BCUT2D eigenvalue weighted by Gasteiger charge is -2.22. The van der Waals surface area contributed by atoms with Crippen molar-refractivity contribution >= 4 is 23.6 Å². The minimum absolute atomic E-state index is 0.771. The largest absolute Gasteiger partial charge is 0.332 e. The molecule has 0 N–H and O–H groups in total. The van der Waals surface area contributed by atoms with Gasteiger partial charge in [0, 0.05) is 0 Å². The molecule has 0 radical (unpaired) electrons. The fraction of sp³-hybridized carbons (Fsp3) is 0.500. The fourth-order valence-corrected chi connectivity index (χ4v) is 1.33. The van der Waals surface area contributed by atoms with E-state index in [2.05, 4.69) is 0 Å². The first-order valence-corrected chi connectivity index (χ1v) is 5.56. The second-order valence-corrected chi connectivity index (χ2v) is 3.88. The average Bonchev–Trinajstić information content (AvgIpc) is 1.96. The molecular formula is C8H12ClNO8. The summed E-state index contributed by atoms with van der Waals surface area (Å²) >= 11 is 0. The molecule has 0 unspecified atom stereocenters. The van der Waals surface area contributed by atoms with Crippen molar-refractivity contribution in [2.75, 3.05) is 0 Å². The third-order valence-electron chi connectivity index (χ3n) is 1.89. The Morgan fingerprint density at radius 3 is 0.778 bits per heavy atom. The van der Waals surface area contributed by atoms with Crippen molar-refractivity contribution in [3.63, 3.8) is 0 Å². The SMILES string of the molecule is CC(=O)[N+](C(C)=O)(C(C)=O)C(C)=O.[O-][Cl+3]([O-])([O-])[O-]. The van der Waals surface area contributed by atoms with Crippen LogP contribution in [-0.4, -0.2) is 28.1 Å². The second-order valence-electron chi connectivity index (χ2n) is 3.12. The van der Waals surface area contributed by atoms with Crippen molar-refractivity contribution in [1.29, 1.82) is 0 Å². The zero-order chi connectivity index (χ0) is 15.3. The molecule has 104 valence electrons. The Bertz CT molecular complexity index is 304. The van der Waals surface area contributed by atoms with Gasteiger partial charge in [-0.15, -0.1) is 10.2 Å². The van der Waals surface area contributed by atoms with Crippen LogP contribution in [0.2, 0.25) is 0 Å². The summed E-state index contributed by atoms with van der Waals surface area (Å²) in [7, 11) is -4.94. The van der Waals surface area contributed by atoms with E-state index >= 15 is 0 Å². The number of carbonyl (C=O) groups excluding carboxylic acids is 4. The van der Waals surface area contributed by atoms with Crippen LogP contribution in [0.5, 0.6) is 0 Å². The standard InChI is InChI=1S/C8H12NO4.ClHO4/c1-5(10)9(6(2)11,7(3)12)8(4)13;2-1(3,4)5/h1-4H3;(H,2,3,4,5)/q+1;/p-1. The number of rotatable bonds is 0. The third kappa shape index (κ3) is 5.40. The number of amides is 4. The van der Waals surface area contributed by atoms with E-state index < -0.39 is 38.4 Å². The molecule has 0 aliphatic carbocycles. The molecule has 0 saturated carbocycles. The Morgan fingerprint density at radius 2 is 0.778 bits per heavy atom. The summed E-state index contributed by atoms with van der Waals surface area (Å²) in [6.07, 6.45) is 0. The molecule has 9 nitrogen and oxygen atoms in total. The quantitative estimate of drug-likeness (QED) is 0.401. The molecule has 0 aromatic rings. The van der Waals surface area contributed by atoms with Gasteiger partial charge in [-0.3, -0.25) is 0 Å². The molecule has 0 fully saturated rings. The van der Waals surface area contributed by atoms with E-state index in [1.807, 2.05) is 0 Å². The van der Waals surface area contributed by atoms with Crippen LogP contribution >= 0.6 is 0 Å². The molecule has 0 atom stereocenters. The maximum atomic E-state index is 11.1. The monoisotopic (exact) mass is 285 g/mol. The molecule has 4 amide bonds. The lowest BCUT2D eigenvalue weighted by atomic mass is 10.3. The Balaban J connectivity index is 0. The molecule has 0 heterocycles. The van der Waals surface area contributed by atoms with E-state index in [1.54, 1.807) is 0 Å². The summed E-state index contributed by atoms with van der Waals surface area (Å²) < 4.78 is 32.6. The van der Waals surface area contributed by atoms with Gasteiger partial charge in [-0.1, -0.05) is 4.48 Å². The number of quaternary nitrogens is 1. The molecule has 0 aliphatic rings. The highest BCUT2D eigenvalue weighted by atomic mass is 35.7. The second kappa shape index (κ2) is 6.64. The van der Waals surface area contributed by atoms with Crippen LogP contribution in [-0.2, 0) is 19.2 Å². The van der Waals surface area contributed by atoms with Crippen molar-refractivity contribution in [3.05, 3.63) is 0 Å². The summed E-state index contributed by atoms with van der Waals surface area (Å²) in [5, 5.41) is 0. The van der Waals surface area contributed by atoms with E-state index in [9.17, 15) is 19.2 Å². The van der Waals surface area contributed by atoms with Gasteiger partial charge < -0.3 is 0 Å².